The fourth-order valence-corrected chi connectivity index (χ4v) is 11.5. The van der Waals surface area contributed by atoms with Gasteiger partial charge in [0, 0.05) is 0 Å². The normalized spacial score (nSPS) is 11.9. The first kappa shape index (κ1) is 22.4. The molecule has 0 heterocycles. The largest absolute Gasteiger partial charge is 0.494 e. The Morgan fingerprint density at radius 2 is 1.36 bits per heavy atom. The molecular weight excluding hydrogens is 378 g/mol. The Morgan fingerprint density at radius 3 is 1.89 bits per heavy atom. The van der Waals surface area contributed by atoms with Crippen LogP contribution < -0.4 is 4.74 Å². The molecule has 150 valence electrons. The van der Waals surface area contributed by atoms with Crippen LogP contribution in [0, 0.1) is 6.57 Å². The van der Waals surface area contributed by atoms with Gasteiger partial charge >= 0.3 is 0 Å². The Kier molecular flexibility index (Phi) is 8.05. The average Bonchev–Trinajstić information content (AvgIpc) is 2.63. The average molecular weight is 412 g/mol. The molecule has 0 spiro atoms. The molecule has 0 saturated carbocycles. The standard InChI is InChI=1S/C23H33NO2Si2/c1-24-22-14-10-20(11-15-22)21-12-16-23(17-13-21)25-18-8-7-9-19-28(5,6)26-27(2,3)4/h10-17H,7-9,18-19H2,2-6H3. The van der Waals surface area contributed by atoms with E-state index >= 15 is 0 Å². The zero-order chi connectivity index (χ0) is 20.6. The minimum atomic E-state index is -1.50. The third-order valence-corrected chi connectivity index (χ3v) is 10.7. The molecule has 0 saturated heterocycles. The van der Waals surface area contributed by atoms with Crippen molar-refractivity contribution in [1.29, 1.82) is 0 Å². The highest BCUT2D eigenvalue weighted by Crippen LogP contribution is 2.25. The van der Waals surface area contributed by atoms with Crippen molar-refractivity contribution in [3.63, 3.8) is 0 Å². The summed E-state index contributed by atoms with van der Waals surface area (Å²) >= 11 is 0. The number of unbranched alkanes of at least 4 members (excludes halogenated alkanes) is 2. The molecule has 0 radical (unpaired) electrons. The van der Waals surface area contributed by atoms with Gasteiger partial charge in [-0.3, -0.25) is 0 Å². The maximum Gasteiger partial charge on any atom is 0.187 e. The molecule has 0 fully saturated rings. The predicted octanol–water partition coefficient (Wildman–Crippen LogP) is 7.51. The lowest BCUT2D eigenvalue weighted by Crippen LogP contribution is -2.42. The number of rotatable bonds is 10. The molecule has 0 bridgehead atoms. The van der Waals surface area contributed by atoms with Crippen LogP contribution in [-0.4, -0.2) is 23.2 Å². The second-order valence-electron chi connectivity index (χ2n) is 8.82. The van der Waals surface area contributed by atoms with Crippen LogP contribution in [0.2, 0.25) is 38.8 Å². The molecule has 2 aromatic carbocycles. The van der Waals surface area contributed by atoms with E-state index in [0.29, 0.717) is 5.69 Å². The first-order valence-electron chi connectivity index (χ1n) is 10.1. The van der Waals surface area contributed by atoms with E-state index < -0.39 is 16.6 Å². The van der Waals surface area contributed by atoms with Gasteiger partial charge in [-0.15, -0.1) is 0 Å². The Hall–Kier alpha value is -1.88. The van der Waals surface area contributed by atoms with Gasteiger partial charge in [0.25, 0.3) is 0 Å². The SMILES string of the molecule is [C-]#[N+]c1ccc(-c2ccc(OCCCCC[Si](C)(C)O[Si](C)(C)C)cc2)cc1. The second-order valence-corrected chi connectivity index (χ2v) is 17.9. The summed E-state index contributed by atoms with van der Waals surface area (Å²) in [6.07, 6.45) is 3.50. The number of ether oxygens (including phenoxy) is 1. The molecule has 0 aliphatic rings. The summed E-state index contributed by atoms with van der Waals surface area (Å²) in [4.78, 5) is 3.43. The minimum Gasteiger partial charge on any atom is -0.494 e. The van der Waals surface area contributed by atoms with E-state index in [0.717, 1.165) is 29.9 Å². The Balaban J connectivity index is 1.70. The quantitative estimate of drug-likeness (QED) is 0.229. The fraction of sp³-hybridized carbons (Fsp3) is 0.435. The van der Waals surface area contributed by atoms with Crippen LogP contribution >= 0.6 is 0 Å². The maximum absolute atomic E-state index is 7.02. The van der Waals surface area contributed by atoms with Crippen LogP contribution in [-0.2, 0) is 4.12 Å². The topological polar surface area (TPSA) is 22.8 Å². The molecule has 0 aliphatic heterocycles. The van der Waals surface area contributed by atoms with Crippen LogP contribution in [0.4, 0.5) is 5.69 Å². The van der Waals surface area contributed by atoms with Crippen LogP contribution in [0.3, 0.4) is 0 Å². The lowest BCUT2D eigenvalue weighted by Gasteiger charge is -2.31. The van der Waals surface area contributed by atoms with Gasteiger partial charge in [0.05, 0.1) is 13.2 Å². The first-order valence-corrected chi connectivity index (χ1v) is 16.6. The van der Waals surface area contributed by atoms with Gasteiger partial charge in [-0.25, -0.2) is 4.85 Å². The van der Waals surface area contributed by atoms with Crippen molar-refractivity contribution in [2.45, 2.75) is 58.0 Å². The van der Waals surface area contributed by atoms with Gasteiger partial charge in [0.2, 0.25) is 0 Å². The lowest BCUT2D eigenvalue weighted by atomic mass is 10.1. The van der Waals surface area contributed by atoms with E-state index in [9.17, 15) is 0 Å². The third kappa shape index (κ3) is 8.01. The molecular formula is C23H33NO2Si2. The molecule has 0 aliphatic carbocycles. The van der Waals surface area contributed by atoms with Crippen LogP contribution in [0.1, 0.15) is 19.3 Å². The molecule has 0 amide bonds. The van der Waals surface area contributed by atoms with Crippen molar-refractivity contribution < 1.29 is 8.85 Å². The van der Waals surface area contributed by atoms with Gasteiger partial charge in [-0.2, -0.15) is 0 Å². The van der Waals surface area contributed by atoms with E-state index in [1.54, 1.807) is 0 Å². The predicted molar refractivity (Wildman–Crippen MR) is 124 cm³/mol. The molecule has 0 atom stereocenters. The Labute approximate surface area is 172 Å². The Morgan fingerprint density at radius 1 is 0.786 bits per heavy atom. The van der Waals surface area contributed by atoms with Gasteiger partial charge in [-0.05, 0) is 68.5 Å². The number of nitrogens with zero attached hydrogens (tertiary/aromatic N) is 1. The van der Waals surface area contributed by atoms with Crippen molar-refractivity contribution >= 4 is 22.3 Å². The first-order chi connectivity index (χ1) is 13.2. The summed E-state index contributed by atoms with van der Waals surface area (Å²) in [5, 5.41) is 0. The molecule has 0 aromatic heterocycles. The Bertz CT molecular complexity index is 772. The highest BCUT2D eigenvalue weighted by molar-refractivity contribution is 6.84. The molecule has 2 rings (SSSR count). The van der Waals surface area contributed by atoms with Crippen LogP contribution in [0.5, 0.6) is 5.75 Å². The maximum atomic E-state index is 7.02. The van der Waals surface area contributed by atoms with E-state index in [1.807, 2.05) is 36.4 Å². The second kappa shape index (κ2) is 10.1. The lowest BCUT2D eigenvalue weighted by molar-refractivity contribution is 0.306. The summed E-state index contributed by atoms with van der Waals surface area (Å²) in [5.41, 5.74) is 2.92. The summed E-state index contributed by atoms with van der Waals surface area (Å²) in [7, 11) is -2.93. The van der Waals surface area contributed by atoms with Crippen molar-refractivity contribution in [1.82, 2.24) is 0 Å². The van der Waals surface area contributed by atoms with Crippen molar-refractivity contribution in [2.24, 2.45) is 0 Å². The molecule has 0 unspecified atom stereocenters. The number of hydrogen-bond donors (Lipinski definition) is 0. The van der Waals surface area contributed by atoms with E-state index in [4.69, 9.17) is 15.4 Å². The van der Waals surface area contributed by atoms with Crippen LogP contribution in [0.15, 0.2) is 48.5 Å². The monoisotopic (exact) mass is 411 g/mol. The molecule has 28 heavy (non-hydrogen) atoms. The molecule has 2 aromatic rings. The molecule has 0 N–H and O–H groups in total. The van der Waals surface area contributed by atoms with E-state index in [1.165, 1.54) is 18.9 Å². The highest BCUT2D eigenvalue weighted by atomic mass is 28.4. The zero-order valence-electron chi connectivity index (χ0n) is 17.9. The van der Waals surface area contributed by atoms with Crippen molar-refractivity contribution in [3.05, 3.63) is 59.9 Å². The van der Waals surface area contributed by atoms with E-state index in [-0.39, 0.29) is 0 Å². The summed E-state index contributed by atoms with van der Waals surface area (Å²) in [5.74, 6) is 0.915. The van der Waals surface area contributed by atoms with Gasteiger partial charge < -0.3 is 8.85 Å². The number of benzene rings is 2. The number of hydrogen-bond acceptors (Lipinski definition) is 2. The van der Waals surface area contributed by atoms with Gasteiger partial charge in [0.15, 0.2) is 22.3 Å². The van der Waals surface area contributed by atoms with Crippen molar-refractivity contribution in [3.8, 4) is 16.9 Å². The third-order valence-electron chi connectivity index (χ3n) is 4.46. The van der Waals surface area contributed by atoms with E-state index in [2.05, 4.69) is 49.7 Å². The van der Waals surface area contributed by atoms with Gasteiger partial charge in [0.1, 0.15) is 5.75 Å². The minimum absolute atomic E-state index is 0.668. The zero-order valence-corrected chi connectivity index (χ0v) is 19.9. The van der Waals surface area contributed by atoms with Crippen molar-refractivity contribution in [2.75, 3.05) is 6.61 Å². The summed E-state index contributed by atoms with van der Waals surface area (Å²) in [6.45, 7) is 19.3. The summed E-state index contributed by atoms with van der Waals surface area (Å²) < 4.78 is 12.3. The molecule has 3 nitrogen and oxygen atoms in total. The summed E-state index contributed by atoms with van der Waals surface area (Å²) in [6, 6.07) is 17.1. The smallest absolute Gasteiger partial charge is 0.187 e. The van der Waals surface area contributed by atoms with Gasteiger partial charge in [-0.1, -0.05) is 49.2 Å². The fourth-order valence-electron chi connectivity index (χ4n) is 3.37. The molecule has 5 heteroatoms. The highest BCUT2D eigenvalue weighted by Gasteiger charge is 2.28. The van der Waals surface area contributed by atoms with Crippen LogP contribution in [0.25, 0.3) is 16.0 Å².